The van der Waals surface area contributed by atoms with Gasteiger partial charge in [0, 0.05) is 0 Å². The van der Waals surface area contributed by atoms with Crippen molar-refractivity contribution in [3.63, 3.8) is 0 Å². The molecule has 0 aliphatic carbocycles. The number of nitro benzene ring substituents is 1. The number of hydrogen-bond donors (Lipinski definition) is 0. The van der Waals surface area contributed by atoms with Crippen LogP contribution in [0.2, 0.25) is 0 Å². The standard InChI is InChI=1S/C20H16N4O2Se/c1-23(2)17-7-3-14(4-8-17)11-16(12-21)20-22-19(13-27-20)15-5-9-18(10-6-15)24(25)26/h3-11,13H,1-2H3/b16-11+. The summed E-state index contributed by atoms with van der Waals surface area (Å²) in [6.45, 7) is 0. The van der Waals surface area contributed by atoms with Crippen molar-refractivity contribution in [2.24, 2.45) is 0 Å². The Hall–Kier alpha value is -3.20. The average Bonchev–Trinajstić information content (AvgIpc) is 3.16. The summed E-state index contributed by atoms with van der Waals surface area (Å²) in [5, 5.41) is 20.3. The van der Waals surface area contributed by atoms with Crippen molar-refractivity contribution in [3.05, 3.63) is 73.7 Å². The molecule has 6 nitrogen and oxygen atoms in total. The van der Waals surface area contributed by atoms with Gasteiger partial charge < -0.3 is 0 Å². The Bertz CT molecular complexity index is 1030. The Morgan fingerprint density at radius 3 is 2.41 bits per heavy atom. The van der Waals surface area contributed by atoms with Gasteiger partial charge >= 0.3 is 163 Å². The van der Waals surface area contributed by atoms with Gasteiger partial charge in [-0.15, -0.1) is 0 Å². The fourth-order valence-electron chi connectivity index (χ4n) is 2.46. The van der Waals surface area contributed by atoms with Gasteiger partial charge in [-0.3, -0.25) is 0 Å². The van der Waals surface area contributed by atoms with Crippen LogP contribution in [0, 0.1) is 21.4 Å². The molecule has 3 aromatic rings. The van der Waals surface area contributed by atoms with E-state index in [0.29, 0.717) is 5.57 Å². The van der Waals surface area contributed by atoms with Crippen molar-refractivity contribution < 1.29 is 4.92 Å². The first-order valence-electron chi connectivity index (χ1n) is 8.08. The van der Waals surface area contributed by atoms with Crippen LogP contribution in [0.5, 0.6) is 0 Å². The van der Waals surface area contributed by atoms with E-state index in [1.54, 1.807) is 12.1 Å². The van der Waals surface area contributed by atoms with Gasteiger partial charge in [-0.25, -0.2) is 0 Å². The van der Waals surface area contributed by atoms with Crippen molar-refractivity contribution in [1.29, 1.82) is 5.26 Å². The Morgan fingerprint density at radius 2 is 1.85 bits per heavy atom. The molecule has 2 aromatic carbocycles. The number of nitrogens with zero attached hydrogens (tertiary/aromatic N) is 4. The van der Waals surface area contributed by atoms with Gasteiger partial charge in [0.05, 0.1) is 0 Å². The molecule has 0 saturated heterocycles. The third-order valence-corrected chi connectivity index (χ3v) is 5.79. The molecule has 3 rings (SSSR count). The summed E-state index contributed by atoms with van der Waals surface area (Å²) < 4.78 is 0.759. The zero-order valence-corrected chi connectivity index (χ0v) is 16.5. The van der Waals surface area contributed by atoms with E-state index in [2.05, 4.69) is 11.1 Å². The quantitative estimate of drug-likeness (QED) is 0.270. The molecule has 134 valence electrons. The van der Waals surface area contributed by atoms with E-state index < -0.39 is 4.92 Å². The number of hydrogen-bond acceptors (Lipinski definition) is 5. The first-order valence-corrected chi connectivity index (χ1v) is 9.92. The Morgan fingerprint density at radius 1 is 1.19 bits per heavy atom. The molecule has 0 spiro atoms. The van der Waals surface area contributed by atoms with Crippen LogP contribution in [0.4, 0.5) is 11.4 Å². The van der Waals surface area contributed by atoms with Crippen LogP contribution < -0.4 is 4.90 Å². The molecular formula is C20H16N4O2Se. The maximum absolute atomic E-state index is 10.8. The summed E-state index contributed by atoms with van der Waals surface area (Å²) in [4.78, 5) is 18.9. The minimum absolute atomic E-state index is 0.0471. The third-order valence-electron chi connectivity index (χ3n) is 3.95. The van der Waals surface area contributed by atoms with Crippen LogP contribution in [0.15, 0.2) is 53.5 Å². The van der Waals surface area contributed by atoms with Crippen LogP contribution in [-0.2, 0) is 0 Å². The number of nitro groups is 1. The van der Waals surface area contributed by atoms with Gasteiger partial charge in [-0.05, 0) is 0 Å². The molecule has 0 aliphatic heterocycles. The minimum atomic E-state index is -0.427. The van der Waals surface area contributed by atoms with Crippen LogP contribution in [0.25, 0.3) is 22.9 Å². The summed E-state index contributed by atoms with van der Waals surface area (Å²) >= 11 is -0.0533. The summed E-state index contributed by atoms with van der Waals surface area (Å²) in [7, 11) is 3.96. The van der Waals surface area contributed by atoms with E-state index in [1.807, 2.05) is 54.3 Å². The molecule has 0 radical (unpaired) electrons. The molecule has 0 bridgehead atoms. The molecule has 0 N–H and O–H groups in total. The van der Waals surface area contributed by atoms with Gasteiger partial charge in [0.25, 0.3) is 0 Å². The molecule has 0 unspecified atom stereocenters. The molecule has 27 heavy (non-hydrogen) atoms. The molecule has 0 saturated carbocycles. The molecule has 0 atom stereocenters. The molecule has 0 fully saturated rings. The van der Waals surface area contributed by atoms with Crippen molar-refractivity contribution in [2.45, 2.75) is 0 Å². The second-order valence-corrected chi connectivity index (χ2v) is 7.80. The van der Waals surface area contributed by atoms with Crippen LogP contribution >= 0.6 is 0 Å². The van der Waals surface area contributed by atoms with E-state index in [9.17, 15) is 15.4 Å². The fraction of sp³-hybridized carbons (Fsp3) is 0.100. The zero-order valence-electron chi connectivity index (χ0n) is 14.8. The number of non-ortho nitro benzene ring substituents is 1. The number of rotatable bonds is 5. The number of nitriles is 1. The number of allylic oxidation sites excluding steroid dienone is 1. The Balaban J connectivity index is 1.86. The predicted octanol–water partition coefficient (Wildman–Crippen LogP) is 3.84. The van der Waals surface area contributed by atoms with Crippen LogP contribution in [0.3, 0.4) is 0 Å². The first kappa shape index (κ1) is 18.6. The van der Waals surface area contributed by atoms with Gasteiger partial charge in [-0.2, -0.15) is 0 Å². The van der Waals surface area contributed by atoms with E-state index >= 15 is 0 Å². The van der Waals surface area contributed by atoms with Crippen LogP contribution in [-0.4, -0.2) is 38.5 Å². The monoisotopic (exact) mass is 424 g/mol. The van der Waals surface area contributed by atoms with E-state index in [1.165, 1.54) is 12.1 Å². The SMILES string of the molecule is CN(C)c1ccc(/C=C(\C#N)c2nc(-c3ccc([N+](=O)[O-])cc3)c[se]2)cc1. The fourth-order valence-corrected chi connectivity index (χ4v) is 4.13. The summed E-state index contributed by atoms with van der Waals surface area (Å²) in [5.41, 5.74) is 4.19. The zero-order chi connectivity index (χ0) is 19.4. The topological polar surface area (TPSA) is 83.1 Å². The molecule has 1 aromatic heterocycles. The second-order valence-electron chi connectivity index (χ2n) is 6.00. The normalized spacial score (nSPS) is 11.1. The van der Waals surface area contributed by atoms with Crippen LogP contribution in [0.1, 0.15) is 10.1 Å². The predicted molar refractivity (Wildman–Crippen MR) is 108 cm³/mol. The van der Waals surface area contributed by atoms with Gasteiger partial charge in [0.2, 0.25) is 0 Å². The molecule has 1 heterocycles. The summed E-state index contributed by atoms with van der Waals surface area (Å²) in [6.07, 6.45) is 1.84. The van der Waals surface area contributed by atoms with Crippen molar-refractivity contribution >= 4 is 37.5 Å². The van der Waals surface area contributed by atoms with Gasteiger partial charge in [0.15, 0.2) is 0 Å². The number of aromatic nitrogens is 1. The number of anilines is 1. The van der Waals surface area contributed by atoms with E-state index in [0.717, 1.165) is 27.1 Å². The van der Waals surface area contributed by atoms with E-state index in [-0.39, 0.29) is 20.2 Å². The molecule has 7 heteroatoms. The average molecular weight is 423 g/mol. The molecular weight excluding hydrogens is 407 g/mol. The first-order chi connectivity index (χ1) is 13.0. The van der Waals surface area contributed by atoms with Crippen molar-refractivity contribution in [2.75, 3.05) is 19.0 Å². The summed E-state index contributed by atoms with van der Waals surface area (Å²) in [6, 6.07) is 16.5. The van der Waals surface area contributed by atoms with Crippen molar-refractivity contribution in [3.8, 4) is 17.3 Å². The second kappa shape index (κ2) is 8.00. The number of benzene rings is 2. The van der Waals surface area contributed by atoms with E-state index in [4.69, 9.17) is 0 Å². The Labute approximate surface area is 162 Å². The maximum atomic E-state index is 10.8. The van der Waals surface area contributed by atoms with Gasteiger partial charge in [-0.1, -0.05) is 0 Å². The molecule has 0 aliphatic rings. The summed E-state index contributed by atoms with van der Waals surface area (Å²) in [5.74, 6) is 0. The molecule has 0 amide bonds. The third kappa shape index (κ3) is 4.32. The Kier molecular flexibility index (Phi) is 5.51. The van der Waals surface area contributed by atoms with Crippen molar-refractivity contribution in [1.82, 2.24) is 4.98 Å². The van der Waals surface area contributed by atoms with Gasteiger partial charge in [0.1, 0.15) is 0 Å².